The summed E-state index contributed by atoms with van der Waals surface area (Å²) in [7, 11) is -1.13. The van der Waals surface area contributed by atoms with Crippen molar-refractivity contribution in [3.8, 4) is 11.5 Å². The molecule has 3 rings (SSSR count). The highest BCUT2D eigenvalue weighted by atomic mass is 32.2. The maximum absolute atomic E-state index is 12.1. The van der Waals surface area contributed by atoms with E-state index in [1.54, 1.807) is 0 Å². The van der Waals surface area contributed by atoms with E-state index < -0.39 is 9.84 Å². The van der Waals surface area contributed by atoms with Crippen LogP contribution in [0.3, 0.4) is 0 Å². The van der Waals surface area contributed by atoms with Crippen LogP contribution in [0.25, 0.3) is 11.5 Å². The number of aromatic nitrogens is 2. The molecule has 2 aromatic rings. The third-order valence-corrected chi connectivity index (χ3v) is 6.31. The number of benzene rings is 1. The Morgan fingerprint density at radius 2 is 1.88 bits per heavy atom. The zero-order valence-corrected chi connectivity index (χ0v) is 14.9. The van der Waals surface area contributed by atoms with E-state index in [-0.39, 0.29) is 11.3 Å². The van der Waals surface area contributed by atoms with Crippen LogP contribution in [0.1, 0.15) is 31.6 Å². The van der Waals surface area contributed by atoms with Gasteiger partial charge in [-0.3, -0.25) is 4.90 Å². The van der Waals surface area contributed by atoms with Crippen molar-refractivity contribution in [3.63, 3.8) is 0 Å². The summed E-state index contributed by atoms with van der Waals surface area (Å²) in [6.07, 6.45) is 4.98. The number of hydrogen-bond acceptors (Lipinski definition) is 6. The van der Waals surface area contributed by atoms with Gasteiger partial charge in [0.25, 0.3) is 0 Å². The van der Waals surface area contributed by atoms with Gasteiger partial charge in [0.1, 0.15) is 0 Å². The number of sulfone groups is 1. The molecule has 0 bridgehead atoms. The van der Waals surface area contributed by atoms with Crippen molar-refractivity contribution in [1.82, 2.24) is 15.1 Å². The molecule has 1 aromatic heterocycles. The van der Waals surface area contributed by atoms with Crippen molar-refractivity contribution in [3.05, 3.63) is 36.2 Å². The van der Waals surface area contributed by atoms with Crippen LogP contribution in [0.4, 0.5) is 0 Å². The molecule has 1 fully saturated rings. The van der Waals surface area contributed by atoms with Gasteiger partial charge in [0, 0.05) is 17.9 Å². The molecule has 7 heteroatoms. The molecule has 6 nitrogen and oxygen atoms in total. The first-order valence-electron chi connectivity index (χ1n) is 8.22. The van der Waals surface area contributed by atoms with E-state index in [4.69, 9.17) is 4.42 Å². The Kier molecular flexibility index (Phi) is 5.01. The molecule has 1 aliphatic carbocycles. The van der Waals surface area contributed by atoms with Gasteiger partial charge in [-0.05, 0) is 32.0 Å². The van der Waals surface area contributed by atoms with Crippen molar-refractivity contribution in [1.29, 1.82) is 0 Å². The number of rotatable bonds is 5. The largest absolute Gasteiger partial charge is 0.419 e. The number of hydrogen-bond donors (Lipinski definition) is 0. The molecular formula is C17H23N3O3S. The maximum Gasteiger partial charge on any atom is 0.247 e. The maximum atomic E-state index is 12.1. The lowest BCUT2D eigenvalue weighted by Gasteiger charge is -2.36. The molecule has 1 heterocycles. The van der Waals surface area contributed by atoms with E-state index in [0.29, 0.717) is 18.3 Å². The third-order valence-electron chi connectivity index (χ3n) is 4.66. The molecule has 0 unspecified atom stereocenters. The molecule has 0 saturated heterocycles. The fraction of sp³-hybridized carbons (Fsp3) is 0.529. The van der Waals surface area contributed by atoms with Crippen molar-refractivity contribution in [2.75, 3.05) is 13.3 Å². The van der Waals surface area contributed by atoms with Gasteiger partial charge in [-0.1, -0.05) is 31.0 Å². The molecule has 130 valence electrons. The summed E-state index contributed by atoms with van der Waals surface area (Å²) >= 11 is 0. The first-order valence-corrected chi connectivity index (χ1v) is 10.2. The number of nitrogens with zero attached hydrogens (tertiary/aromatic N) is 3. The van der Waals surface area contributed by atoms with E-state index in [9.17, 15) is 8.42 Å². The molecule has 0 N–H and O–H groups in total. The van der Waals surface area contributed by atoms with Crippen LogP contribution < -0.4 is 0 Å². The van der Waals surface area contributed by atoms with Crippen LogP contribution in [-0.4, -0.2) is 48.1 Å². The van der Waals surface area contributed by atoms with Gasteiger partial charge in [0.15, 0.2) is 9.84 Å². The standard InChI is InChI=1S/C17H23N3O3S/c1-20(14-10-6-7-11-15(14)24(2,21)22)12-16-18-19-17(23-16)13-8-4-3-5-9-13/h3-5,8-9,14-15H,6-7,10-12H2,1-2H3/t14-,15+/m0/s1. The molecule has 0 radical (unpaired) electrons. The van der Waals surface area contributed by atoms with Crippen molar-refractivity contribution in [2.24, 2.45) is 0 Å². The fourth-order valence-electron chi connectivity index (χ4n) is 3.43. The van der Waals surface area contributed by atoms with Gasteiger partial charge in [0.2, 0.25) is 11.8 Å². The first-order chi connectivity index (χ1) is 11.4. The van der Waals surface area contributed by atoms with Gasteiger partial charge >= 0.3 is 0 Å². The van der Waals surface area contributed by atoms with Crippen LogP contribution >= 0.6 is 0 Å². The zero-order chi connectivity index (χ0) is 17.2. The Hall–Kier alpha value is -1.73. The second-order valence-electron chi connectivity index (χ2n) is 6.50. The molecule has 2 atom stereocenters. The summed E-state index contributed by atoms with van der Waals surface area (Å²) in [5.74, 6) is 0.997. The highest BCUT2D eigenvalue weighted by Gasteiger charge is 2.35. The Morgan fingerprint density at radius 1 is 1.17 bits per heavy atom. The quantitative estimate of drug-likeness (QED) is 0.825. The molecule has 24 heavy (non-hydrogen) atoms. The van der Waals surface area contributed by atoms with Gasteiger partial charge in [-0.15, -0.1) is 10.2 Å². The van der Waals surface area contributed by atoms with Crippen molar-refractivity contribution >= 4 is 9.84 Å². The van der Waals surface area contributed by atoms with Crippen LogP contribution in [-0.2, 0) is 16.4 Å². The second-order valence-corrected chi connectivity index (χ2v) is 8.77. The van der Waals surface area contributed by atoms with Gasteiger partial charge in [-0.2, -0.15) is 0 Å². The average Bonchev–Trinajstić information content (AvgIpc) is 3.03. The summed E-state index contributed by atoms with van der Waals surface area (Å²) in [5.41, 5.74) is 0.880. The van der Waals surface area contributed by atoms with Crippen LogP contribution in [0.2, 0.25) is 0 Å². The Labute approximate surface area is 142 Å². The van der Waals surface area contributed by atoms with E-state index >= 15 is 0 Å². The minimum Gasteiger partial charge on any atom is -0.419 e. The normalized spacial score (nSPS) is 22.0. The summed E-state index contributed by atoms with van der Waals surface area (Å²) in [4.78, 5) is 2.03. The summed E-state index contributed by atoms with van der Waals surface area (Å²) < 4.78 is 29.9. The molecule has 0 amide bonds. The smallest absolute Gasteiger partial charge is 0.247 e. The van der Waals surface area contributed by atoms with Gasteiger partial charge in [0.05, 0.1) is 11.8 Å². The zero-order valence-electron chi connectivity index (χ0n) is 14.1. The van der Waals surface area contributed by atoms with Gasteiger partial charge < -0.3 is 4.42 Å². The van der Waals surface area contributed by atoms with E-state index in [1.807, 2.05) is 42.3 Å². The van der Waals surface area contributed by atoms with E-state index in [1.165, 1.54) is 6.26 Å². The van der Waals surface area contributed by atoms with Crippen LogP contribution in [0.15, 0.2) is 34.7 Å². The second kappa shape index (κ2) is 7.03. The average molecular weight is 349 g/mol. The summed E-state index contributed by atoms with van der Waals surface area (Å²) in [6.45, 7) is 0.455. The van der Waals surface area contributed by atoms with E-state index in [2.05, 4.69) is 10.2 Å². The van der Waals surface area contributed by atoms with E-state index in [0.717, 1.165) is 31.2 Å². The highest BCUT2D eigenvalue weighted by Crippen LogP contribution is 2.28. The molecular weight excluding hydrogens is 326 g/mol. The molecule has 0 aliphatic heterocycles. The molecule has 1 saturated carbocycles. The fourth-order valence-corrected chi connectivity index (χ4v) is 4.94. The lowest BCUT2D eigenvalue weighted by atomic mass is 9.94. The minimum absolute atomic E-state index is 0.000764. The van der Waals surface area contributed by atoms with Gasteiger partial charge in [-0.25, -0.2) is 8.42 Å². The summed E-state index contributed by atoms with van der Waals surface area (Å²) in [5, 5.41) is 7.89. The first kappa shape index (κ1) is 17.1. The van der Waals surface area contributed by atoms with Crippen LogP contribution in [0.5, 0.6) is 0 Å². The lowest BCUT2D eigenvalue weighted by molar-refractivity contribution is 0.173. The summed E-state index contributed by atoms with van der Waals surface area (Å²) in [6, 6.07) is 9.61. The minimum atomic E-state index is -3.06. The third kappa shape index (κ3) is 3.84. The molecule has 1 aromatic carbocycles. The predicted octanol–water partition coefficient (Wildman–Crippen LogP) is 2.52. The van der Waals surface area contributed by atoms with Crippen molar-refractivity contribution < 1.29 is 12.8 Å². The Morgan fingerprint density at radius 3 is 2.58 bits per heavy atom. The lowest BCUT2D eigenvalue weighted by Crippen LogP contribution is -2.46. The monoisotopic (exact) mass is 349 g/mol. The van der Waals surface area contributed by atoms with Crippen molar-refractivity contribution in [2.45, 2.75) is 43.5 Å². The SMILES string of the molecule is CN(Cc1nnc(-c2ccccc2)o1)[C@H]1CCCC[C@H]1S(C)(=O)=O. The molecule has 0 spiro atoms. The molecule has 1 aliphatic rings. The predicted molar refractivity (Wildman–Crippen MR) is 92.1 cm³/mol. The highest BCUT2D eigenvalue weighted by molar-refractivity contribution is 7.91. The Bertz CT molecular complexity index is 773. The Balaban J connectivity index is 1.72. The topological polar surface area (TPSA) is 76.3 Å². The van der Waals surface area contributed by atoms with Crippen LogP contribution in [0, 0.1) is 0 Å².